The van der Waals surface area contributed by atoms with Crippen LogP contribution in [0.5, 0.6) is 11.5 Å². The van der Waals surface area contributed by atoms with Crippen molar-refractivity contribution in [1.29, 1.82) is 0 Å². The number of hydrogen-bond donors (Lipinski definition) is 2. The molecule has 1 atom stereocenters. The average molecular weight is 581 g/mol. The van der Waals surface area contributed by atoms with Crippen molar-refractivity contribution in [1.82, 2.24) is 19.9 Å². The molecular weight excluding hydrogens is 540 g/mol. The third kappa shape index (κ3) is 6.45. The number of H-pyrrole nitrogens is 2. The van der Waals surface area contributed by atoms with Gasteiger partial charge in [0.05, 0.1) is 49.4 Å². The van der Waals surface area contributed by atoms with Gasteiger partial charge in [-0.3, -0.25) is 0 Å². The van der Waals surface area contributed by atoms with E-state index in [2.05, 4.69) is 102 Å². The molecule has 0 radical (unpaired) electrons. The fourth-order valence-corrected chi connectivity index (χ4v) is 5.26. The van der Waals surface area contributed by atoms with E-state index in [4.69, 9.17) is 18.9 Å². The van der Waals surface area contributed by atoms with Gasteiger partial charge in [0, 0.05) is 23.5 Å². The molecule has 1 aliphatic rings. The van der Waals surface area contributed by atoms with Gasteiger partial charge >= 0.3 is 0 Å². The topological polar surface area (TPSA) is 94.3 Å². The number of imidazole rings is 2. The lowest BCUT2D eigenvalue weighted by Gasteiger charge is -2.16. The summed E-state index contributed by atoms with van der Waals surface area (Å²) in [4.78, 5) is 16.3. The molecule has 0 saturated heterocycles. The van der Waals surface area contributed by atoms with Crippen LogP contribution in [0, 0.1) is 5.92 Å². The highest BCUT2D eigenvalue weighted by atomic mass is 16.6. The summed E-state index contributed by atoms with van der Waals surface area (Å²) in [5.41, 5.74) is 8.06. The largest absolute Gasteiger partial charge is 0.491 e. The zero-order chi connectivity index (χ0) is 29.8. The van der Waals surface area contributed by atoms with Gasteiger partial charge in [-0.15, -0.1) is 0 Å². The van der Waals surface area contributed by atoms with Crippen LogP contribution in [0.1, 0.15) is 45.3 Å². The van der Waals surface area contributed by atoms with Crippen molar-refractivity contribution in [3.8, 4) is 45.0 Å². The highest BCUT2D eigenvalue weighted by molar-refractivity contribution is 5.84. The maximum Gasteiger partial charge on any atom is 0.129 e. The summed E-state index contributed by atoms with van der Waals surface area (Å²) in [5, 5.41) is 0. The van der Waals surface area contributed by atoms with Gasteiger partial charge in [-0.25, -0.2) is 9.97 Å². The zero-order valence-electron chi connectivity index (χ0n) is 25.4. The summed E-state index contributed by atoms with van der Waals surface area (Å²) < 4.78 is 24.2. The van der Waals surface area contributed by atoms with Gasteiger partial charge in [-0.2, -0.15) is 0 Å². The third-order valence-electron chi connectivity index (χ3n) is 8.13. The Kier molecular flexibility index (Phi) is 8.77. The Morgan fingerprint density at radius 1 is 0.721 bits per heavy atom. The fourth-order valence-electron chi connectivity index (χ4n) is 5.26. The Bertz CT molecular complexity index is 1690. The van der Waals surface area contributed by atoms with Gasteiger partial charge in [0.25, 0.3) is 0 Å². The van der Waals surface area contributed by atoms with Crippen molar-refractivity contribution < 1.29 is 18.9 Å². The number of fused-ring (bicyclic) bond motifs is 5. The number of aromatic amines is 2. The van der Waals surface area contributed by atoms with Crippen LogP contribution in [-0.2, 0) is 15.9 Å². The Hall–Kier alpha value is -4.14. The van der Waals surface area contributed by atoms with Crippen LogP contribution in [0.25, 0.3) is 44.5 Å². The van der Waals surface area contributed by atoms with E-state index >= 15 is 0 Å². The van der Waals surface area contributed by atoms with E-state index in [1.54, 1.807) is 0 Å². The average Bonchev–Trinajstić information content (AvgIpc) is 3.68. The highest BCUT2D eigenvalue weighted by Gasteiger charge is 2.18. The lowest BCUT2D eigenvalue weighted by atomic mass is 9.97. The Morgan fingerprint density at radius 3 is 2.09 bits per heavy atom. The maximum absolute atomic E-state index is 6.36. The number of hydrogen-bond acceptors (Lipinski definition) is 6. The second kappa shape index (κ2) is 13.0. The summed E-state index contributed by atoms with van der Waals surface area (Å²) in [6, 6.07) is 19.0. The van der Waals surface area contributed by atoms with Crippen molar-refractivity contribution in [3.05, 3.63) is 72.4 Å². The van der Waals surface area contributed by atoms with Crippen LogP contribution in [0.2, 0.25) is 0 Å². The molecule has 8 heteroatoms. The van der Waals surface area contributed by atoms with Gasteiger partial charge in [0.1, 0.15) is 36.4 Å². The van der Waals surface area contributed by atoms with Crippen molar-refractivity contribution >= 4 is 11.0 Å². The molecule has 0 spiro atoms. The molecule has 0 saturated carbocycles. The van der Waals surface area contributed by atoms with Crippen LogP contribution < -0.4 is 9.47 Å². The molecule has 2 N–H and O–H groups in total. The maximum atomic E-state index is 6.36. The SMILES string of the molecule is CCc1nc2ccc(-c3ccc4c(c3)OCCOCCOCCOc3cc-4ccc3-c3cnc([C@H](C)C(C)C)[nH]3)cc2[nH]1. The highest BCUT2D eigenvalue weighted by Crippen LogP contribution is 2.39. The number of aromatic nitrogens is 4. The quantitative estimate of drug-likeness (QED) is 0.225. The normalized spacial score (nSPS) is 15.3. The first-order valence-electron chi connectivity index (χ1n) is 15.2. The monoisotopic (exact) mass is 580 g/mol. The minimum atomic E-state index is 0.323. The van der Waals surface area contributed by atoms with E-state index in [-0.39, 0.29) is 0 Å². The lowest BCUT2D eigenvalue weighted by molar-refractivity contribution is 0.0275. The van der Waals surface area contributed by atoms with Crippen LogP contribution in [0.4, 0.5) is 0 Å². The Labute approximate surface area is 252 Å². The second-order valence-corrected chi connectivity index (χ2v) is 11.3. The van der Waals surface area contributed by atoms with Crippen LogP contribution in [0.15, 0.2) is 60.8 Å². The van der Waals surface area contributed by atoms with Crippen LogP contribution in [0.3, 0.4) is 0 Å². The number of benzene rings is 3. The molecule has 0 unspecified atom stereocenters. The summed E-state index contributed by atoms with van der Waals surface area (Å²) in [6.07, 6.45) is 2.77. The van der Waals surface area contributed by atoms with E-state index in [9.17, 15) is 0 Å². The van der Waals surface area contributed by atoms with Gasteiger partial charge in [-0.1, -0.05) is 52.0 Å². The lowest BCUT2D eigenvalue weighted by Crippen LogP contribution is -2.13. The molecule has 8 nitrogen and oxygen atoms in total. The molecular formula is C35H40N4O4. The molecule has 2 bridgehead atoms. The van der Waals surface area contributed by atoms with E-state index in [1.165, 1.54) is 0 Å². The number of rotatable bonds is 5. The van der Waals surface area contributed by atoms with E-state index in [0.717, 1.165) is 74.1 Å². The molecule has 0 fully saturated rings. The molecule has 6 rings (SSSR count). The summed E-state index contributed by atoms with van der Waals surface area (Å²) >= 11 is 0. The predicted octanol–water partition coefficient (Wildman–Crippen LogP) is 7.41. The number of aryl methyl sites for hydroxylation is 1. The van der Waals surface area contributed by atoms with E-state index in [1.807, 2.05) is 6.20 Å². The minimum Gasteiger partial charge on any atom is -0.491 e. The molecule has 1 aliphatic heterocycles. The Morgan fingerprint density at radius 2 is 1.35 bits per heavy atom. The zero-order valence-corrected chi connectivity index (χ0v) is 25.4. The molecule has 43 heavy (non-hydrogen) atoms. The molecule has 5 aromatic rings. The van der Waals surface area contributed by atoms with Crippen molar-refractivity contribution in [3.63, 3.8) is 0 Å². The summed E-state index contributed by atoms with van der Waals surface area (Å²) in [5.74, 6) is 4.33. The molecule has 0 aliphatic carbocycles. The Balaban J connectivity index is 1.39. The van der Waals surface area contributed by atoms with Crippen molar-refractivity contribution in [2.45, 2.75) is 40.0 Å². The summed E-state index contributed by atoms with van der Waals surface area (Å²) in [6.45, 7) is 11.5. The van der Waals surface area contributed by atoms with E-state index in [0.29, 0.717) is 51.5 Å². The first-order valence-corrected chi connectivity index (χ1v) is 15.2. The first-order chi connectivity index (χ1) is 21.0. The van der Waals surface area contributed by atoms with Crippen molar-refractivity contribution in [2.75, 3.05) is 39.6 Å². The number of nitrogens with zero attached hydrogens (tertiary/aromatic N) is 2. The molecule has 2 aromatic heterocycles. The first kappa shape index (κ1) is 29.0. The molecule has 3 heterocycles. The standard InChI is InChI=1S/C35H40N4O4/c1-5-34-37-29-11-8-24(18-30(29)38-34)25-6-9-27-26-7-10-28(31-21-36-35(39-31)23(4)22(2)3)33(20-26)43-17-15-41-13-12-40-14-16-42-32(27)19-25/h6-11,18-23H,5,12-17H2,1-4H3,(H,36,39)(H,37,38)/t23-/m1/s1. The number of ether oxygens (including phenoxy) is 4. The smallest absolute Gasteiger partial charge is 0.129 e. The van der Waals surface area contributed by atoms with E-state index < -0.39 is 0 Å². The van der Waals surface area contributed by atoms with Gasteiger partial charge in [-0.05, 0) is 52.9 Å². The van der Waals surface area contributed by atoms with Crippen LogP contribution >= 0.6 is 0 Å². The minimum absolute atomic E-state index is 0.323. The van der Waals surface area contributed by atoms with Gasteiger partial charge in [0.15, 0.2) is 0 Å². The molecule has 3 aromatic carbocycles. The third-order valence-corrected chi connectivity index (χ3v) is 8.13. The van der Waals surface area contributed by atoms with Crippen molar-refractivity contribution in [2.24, 2.45) is 5.92 Å². The van der Waals surface area contributed by atoms with Gasteiger partial charge in [0.2, 0.25) is 0 Å². The van der Waals surface area contributed by atoms with Gasteiger partial charge < -0.3 is 28.9 Å². The number of nitrogens with one attached hydrogen (secondary N) is 2. The second-order valence-electron chi connectivity index (χ2n) is 11.3. The molecule has 0 amide bonds. The summed E-state index contributed by atoms with van der Waals surface area (Å²) in [7, 11) is 0. The predicted molar refractivity (Wildman–Crippen MR) is 170 cm³/mol. The molecule has 224 valence electrons. The fraction of sp³-hybridized carbons (Fsp3) is 0.371. The van der Waals surface area contributed by atoms with Crippen LogP contribution in [-0.4, -0.2) is 59.6 Å².